The monoisotopic (exact) mass is 264 g/mol. The van der Waals surface area contributed by atoms with Crippen LogP contribution in [0.2, 0.25) is 0 Å². The lowest BCUT2D eigenvalue weighted by atomic mass is 10.1. The van der Waals surface area contributed by atoms with Crippen molar-refractivity contribution in [1.82, 2.24) is 4.98 Å². The first-order chi connectivity index (χ1) is 9.79. The van der Waals surface area contributed by atoms with Gasteiger partial charge in [-0.05, 0) is 36.2 Å². The molecule has 3 aromatic rings. The van der Waals surface area contributed by atoms with Crippen LogP contribution in [0.25, 0.3) is 10.9 Å². The maximum atomic E-state index is 12.5. The fourth-order valence-electron chi connectivity index (χ4n) is 2.42. The number of hydrogen-bond acceptors (Lipinski definition) is 1. The van der Waals surface area contributed by atoms with Crippen LogP contribution in [-0.2, 0) is 6.42 Å². The maximum absolute atomic E-state index is 12.5. The number of hydrogen-bond donors (Lipinski definition) is 2. The van der Waals surface area contributed by atoms with Gasteiger partial charge in [-0.15, -0.1) is 0 Å². The van der Waals surface area contributed by atoms with Crippen molar-refractivity contribution in [3.8, 4) is 0 Å². The Labute approximate surface area is 117 Å². The summed E-state index contributed by atoms with van der Waals surface area (Å²) in [5.74, 6) is -0.0731. The molecule has 3 heteroatoms. The zero-order valence-electron chi connectivity index (χ0n) is 11.3. The van der Waals surface area contributed by atoms with Gasteiger partial charge >= 0.3 is 0 Å². The van der Waals surface area contributed by atoms with Crippen molar-refractivity contribution in [3.05, 3.63) is 65.9 Å². The van der Waals surface area contributed by atoms with Crippen LogP contribution in [-0.4, -0.2) is 10.9 Å². The summed E-state index contributed by atoms with van der Waals surface area (Å²) >= 11 is 0. The van der Waals surface area contributed by atoms with Gasteiger partial charge in [0.15, 0.2) is 0 Å². The molecule has 0 bridgehead atoms. The van der Waals surface area contributed by atoms with E-state index in [-0.39, 0.29) is 5.91 Å². The molecule has 0 aliphatic rings. The second-order valence-electron chi connectivity index (χ2n) is 4.71. The van der Waals surface area contributed by atoms with E-state index < -0.39 is 0 Å². The van der Waals surface area contributed by atoms with Gasteiger partial charge in [-0.1, -0.05) is 31.2 Å². The van der Waals surface area contributed by atoms with Crippen molar-refractivity contribution in [2.75, 3.05) is 5.32 Å². The Kier molecular flexibility index (Phi) is 3.25. The second kappa shape index (κ2) is 5.21. The van der Waals surface area contributed by atoms with Crippen molar-refractivity contribution in [2.45, 2.75) is 13.3 Å². The van der Waals surface area contributed by atoms with Gasteiger partial charge < -0.3 is 10.3 Å². The molecule has 0 radical (unpaired) electrons. The van der Waals surface area contributed by atoms with E-state index in [0.717, 1.165) is 28.6 Å². The number of fused-ring (bicyclic) bond motifs is 1. The number of aromatic nitrogens is 1. The number of aromatic amines is 1. The van der Waals surface area contributed by atoms with E-state index in [4.69, 9.17) is 0 Å². The number of H-pyrrole nitrogens is 1. The molecule has 0 fully saturated rings. The number of amides is 1. The van der Waals surface area contributed by atoms with E-state index in [1.54, 1.807) is 0 Å². The van der Waals surface area contributed by atoms with Gasteiger partial charge in [-0.3, -0.25) is 4.79 Å². The molecule has 0 atom stereocenters. The lowest BCUT2D eigenvalue weighted by molar-refractivity contribution is 0.102. The Balaban J connectivity index is 1.95. The van der Waals surface area contributed by atoms with Crippen LogP contribution in [0.1, 0.15) is 22.8 Å². The predicted molar refractivity (Wildman–Crippen MR) is 82.1 cm³/mol. The highest BCUT2D eigenvalue weighted by Crippen LogP contribution is 2.21. The van der Waals surface area contributed by atoms with Gasteiger partial charge in [0.05, 0.1) is 0 Å². The Hall–Kier alpha value is -2.55. The summed E-state index contributed by atoms with van der Waals surface area (Å²) in [6, 6.07) is 15.5. The largest absolute Gasteiger partial charge is 0.361 e. The molecule has 0 saturated carbocycles. The van der Waals surface area contributed by atoms with Gasteiger partial charge in [0.25, 0.3) is 5.91 Å². The van der Waals surface area contributed by atoms with Gasteiger partial charge in [-0.2, -0.15) is 0 Å². The molecule has 100 valence electrons. The van der Waals surface area contributed by atoms with E-state index in [9.17, 15) is 4.79 Å². The van der Waals surface area contributed by atoms with E-state index in [1.807, 2.05) is 54.7 Å². The normalized spacial score (nSPS) is 10.7. The molecular weight excluding hydrogens is 248 g/mol. The highest BCUT2D eigenvalue weighted by atomic mass is 16.1. The van der Waals surface area contributed by atoms with Crippen LogP contribution < -0.4 is 5.32 Å². The Morgan fingerprint density at radius 1 is 1.10 bits per heavy atom. The lowest BCUT2D eigenvalue weighted by Crippen LogP contribution is -2.13. The predicted octanol–water partition coefficient (Wildman–Crippen LogP) is 3.98. The molecule has 2 N–H and O–H groups in total. The van der Waals surface area contributed by atoms with Crippen molar-refractivity contribution in [2.24, 2.45) is 0 Å². The number of anilines is 1. The molecule has 0 unspecified atom stereocenters. The summed E-state index contributed by atoms with van der Waals surface area (Å²) in [6.07, 6.45) is 2.74. The molecule has 0 saturated heterocycles. The van der Waals surface area contributed by atoms with Gasteiger partial charge in [-0.25, -0.2) is 0 Å². The zero-order chi connectivity index (χ0) is 13.9. The first-order valence-electron chi connectivity index (χ1n) is 6.75. The maximum Gasteiger partial charge on any atom is 0.256 e. The smallest absolute Gasteiger partial charge is 0.256 e. The molecule has 1 aromatic heterocycles. The summed E-state index contributed by atoms with van der Waals surface area (Å²) in [6.45, 7) is 2.08. The highest BCUT2D eigenvalue weighted by molar-refractivity contribution is 6.12. The van der Waals surface area contributed by atoms with E-state index >= 15 is 0 Å². The summed E-state index contributed by atoms with van der Waals surface area (Å²) in [5.41, 5.74) is 3.69. The van der Waals surface area contributed by atoms with Crippen LogP contribution in [0.3, 0.4) is 0 Å². The molecule has 1 amide bonds. The Bertz CT molecular complexity index is 758. The Morgan fingerprint density at radius 3 is 2.80 bits per heavy atom. The number of para-hydroxylation sites is 1. The van der Waals surface area contributed by atoms with Crippen LogP contribution >= 0.6 is 0 Å². The van der Waals surface area contributed by atoms with Crippen molar-refractivity contribution in [1.29, 1.82) is 0 Å². The summed E-state index contributed by atoms with van der Waals surface area (Å²) in [5, 5.41) is 3.95. The highest BCUT2D eigenvalue weighted by Gasteiger charge is 2.11. The van der Waals surface area contributed by atoms with Crippen molar-refractivity contribution in [3.63, 3.8) is 0 Å². The first kappa shape index (κ1) is 12.5. The van der Waals surface area contributed by atoms with Crippen LogP contribution in [0.5, 0.6) is 0 Å². The van der Waals surface area contributed by atoms with Crippen molar-refractivity contribution < 1.29 is 4.79 Å². The molecule has 0 spiro atoms. The van der Waals surface area contributed by atoms with Crippen LogP contribution in [0.15, 0.2) is 54.7 Å². The summed E-state index contributed by atoms with van der Waals surface area (Å²) in [4.78, 5) is 15.6. The quantitative estimate of drug-likeness (QED) is 0.738. The third kappa shape index (κ3) is 2.18. The zero-order valence-corrected chi connectivity index (χ0v) is 11.3. The molecule has 0 aliphatic carbocycles. The number of rotatable bonds is 3. The third-order valence-corrected chi connectivity index (χ3v) is 3.49. The minimum absolute atomic E-state index is 0.0731. The standard InChI is InChI=1S/C17H16N2O/c1-2-12-6-3-4-8-15(12)19-17(20)14-7-5-9-16-13(14)10-11-18-16/h3-11,18H,2H2,1H3,(H,19,20). The fraction of sp³-hybridized carbons (Fsp3) is 0.118. The number of nitrogens with one attached hydrogen (secondary N) is 2. The summed E-state index contributed by atoms with van der Waals surface area (Å²) in [7, 11) is 0. The number of benzene rings is 2. The summed E-state index contributed by atoms with van der Waals surface area (Å²) < 4.78 is 0. The average molecular weight is 264 g/mol. The molecule has 3 nitrogen and oxygen atoms in total. The molecule has 1 heterocycles. The fourth-order valence-corrected chi connectivity index (χ4v) is 2.42. The van der Waals surface area contributed by atoms with E-state index in [0.29, 0.717) is 5.56 Å². The minimum Gasteiger partial charge on any atom is -0.361 e. The van der Waals surface area contributed by atoms with E-state index in [1.165, 1.54) is 0 Å². The molecule has 0 aliphatic heterocycles. The second-order valence-corrected chi connectivity index (χ2v) is 4.71. The molecule has 3 rings (SSSR count). The first-order valence-corrected chi connectivity index (χ1v) is 6.75. The SMILES string of the molecule is CCc1ccccc1NC(=O)c1cccc2[nH]ccc12. The topological polar surface area (TPSA) is 44.9 Å². The van der Waals surface area contributed by atoms with Crippen LogP contribution in [0, 0.1) is 0 Å². The van der Waals surface area contributed by atoms with E-state index in [2.05, 4.69) is 17.2 Å². The number of carbonyl (C=O) groups is 1. The average Bonchev–Trinajstić information content (AvgIpc) is 2.96. The molecule has 20 heavy (non-hydrogen) atoms. The number of carbonyl (C=O) groups excluding carboxylic acids is 1. The minimum atomic E-state index is -0.0731. The number of aryl methyl sites for hydroxylation is 1. The van der Waals surface area contributed by atoms with Crippen LogP contribution in [0.4, 0.5) is 5.69 Å². The van der Waals surface area contributed by atoms with Gasteiger partial charge in [0.1, 0.15) is 0 Å². The third-order valence-electron chi connectivity index (χ3n) is 3.49. The lowest BCUT2D eigenvalue weighted by Gasteiger charge is -2.10. The Morgan fingerprint density at radius 2 is 1.95 bits per heavy atom. The van der Waals surface area contributed by atoms with Gasteiger partial charge in [0, 0.05) is 28.4 Å². The molecule has 2 aromatic carbocycles. The van der Waals surface area contributed by atoms with Gasteiger partial charge in [0.2, 0.25) is 0 Å². The molecular formula is C17H16N2O. The van der Waals surface area contributed by atoms with Crippen molar-refractivity contribution >= 4 is 22.5 Å².